The molecule has 0 amide bonds. The molecule has 0 aliphatic heterocycles. The van der Waals surface area contributed by atoms with Crippen LogP contribution in [-0.2, 0) is 4.74 Å². The fourth-order valence-corrected chi connectivity index (χ4v) is 1.97. The number of nitrogen functional groups attached to an aromatic ring is 1. The summed E-state index contributed by atoms with van der Waals surface area (Å²) in [5.41, 5.74) is 5.34. The van der Waals surface area contributed by atoms with Gasteiger partial charge in [-0.15, -0.1) is 0 Å². The minimum atomic E-state index is -1.23. The van der Waals surface area contributed by atoms with Crippen molar-refractivity contribution in [2.45, 2.75) is 26.4 Å². The molecule has 0 saturated heterocycles. The van der Waals surface area contributed by atoms with Gasteiger partial charge in [0.05, 0.1) is 5.56 Å². The topological polar surface area (TPSA) is 52.3 Å². The molecule has 2 aromatic rings. The SMILES string of the molecule is CC(C)(C)OC(=O)c1ccc(-c2cccc(N)c2)c(F)c1F. The zero-order valence-corrected chi connectivity index (χ0v) is 12.6. The van der Waals surface area contributed by atoms with Gasteiger partial charge >= 0.3 is 5.97 Å². The number of esters is 1. The summed E-state index contributed by atoms with van der Waals surface area (Å²) in [5.74, 6) is -3.23. The molecule has 0 atom stereocenters. The first kappa shape index (κ1) is 15.9. The Morgan fingerprint density at radius 2 is 1.77 bits per heavy atom. The van der Waals surface area contributed by atoms with Gasteiger partial charge in [-0.25, -0.2) is 13.6 Å². The van der Waals surface area contributed by atoms with E-state index >= 15 is 0 Å². The van der Waals surface area contributed by atoms with Gasteiger partial charge in [0.15, 0.2) is 11.6 Å². The number of benzene rings is 2. The molecule has 2 aromatic carbocycles. The van der Waals surface area contributed by atoms with E-state index in [0.29, 0.717) is 11.3 Å². The van der Waals surface area contributed by atoms with E-state index in [0.717, 1.165) is 0 Å². The lowest BCUT2D eigenvalue weighted by atomic mass is 10.0. The Morgan fingerprint density at radius 3 is 2.36 bits per heavy atom. The highest BCUT2D eigenvalue weighted by atomic mass is 19.2. The first-order chi connectivity index (χ1) is 10.2. The number of nitrogens with two attached hydrogens (primary N) is 1. The smallest absolute Gasteiger partial charge is 0.341 e. The van der Waals surface area contributed by atoms with Crippen LogP contribution in [0.4, 0.5) is 14.5 Å². The second-order valence-electron chi connectivity index (χ2n) is 5.92. The predicted octanol–water partition coefficient (Wildman–Crippen LogP) is 4.17. The van der Waals surface area contributed by atoms with Crippen molar-refractivity contribution in [3.05, 3.63) is 53.6 Å². The molecule has 2 N–H and O–H groups in total. The van der Waals surface area contributed by atoms with Crippen LogP contribution >= 0.6 is 0 Å². The van der Waals surface area contributed by atoms with Crippen LogP contribution in [0.1, 0.15) is 31.1 Å². The van der Waals surface area contributed by atoms with Crippen LogP contribution in [0.3, 0.4) is 0 Å². The van der Waals surface area contributed by atoms with Crippen LogP contribution in [0.5, 0.6) is 0 Å². The number of rotatable bonds is 2. The number of hydrogen-bond donors (Lipinski definition) is 1. The predicted molar refractivity (Wildman–Crippen MR) is 81.4 cm³/mol. The van der Waals surface area contributed by atoms with Crippen molar-refractivity contribution >= 4 is 11.7 Å². The maximum absolute atomic E-state index is 14.2. The molecule has 5 heteroatoms. The Hall–Kier alpha value is -2.43. The van der Waals surface area contributed by atoms with Crippen molar-refractivity contribution in [2.24, 2.45) is 0 Å². The molecule has 0 fully saturated rings. The van der Waals surface area contributed by atoms with Gasteiger partial charge < -0.3 is 10.5 Å². The lowest BCUT2D eigenvalue weighted by Crippen LogP contribution is -2.24. The quantitative estimate of drug-likeness (QED) is 0.669. The third kappa shape index (κ3) is 3.42. The van der Waals surface area contributed by atoms with E-state index in [9.17, 15) is 13.6 Å². The van der Waals surface area contributed by atoms with Crippen LogP contribution in [0.15, 0.2) is 36.4 Å². The molecule has 0 aromatic heterocycles. The Bertz CT molecular complexity index is 721. The van der Waals surface area contributed by atoms with Gasteiger partial charge in [0.2, 0.25) is 0 Å². The first-order valence-corrected chi connectivity index (χ1v) is 6.76. The summed E-state index contributed by atoms with van der Waals surface area (Å²) in [6.07, 6.45) is 0. The van der Waals surface area contributed by atoms with Crippen molar-refractivity contribution in [2.75, 3.05) is 5.73 Å². The molecular weight excluding hydrogens is 288 g/mol. The molecule has 116 valence electrons. The minimum absolute atomic E-state index is 0.0390. The number of halogens is 2. The van der Waals surface area contributed by atoms with E-state index < -0.39 is 28.8 Å². The van der Waals surface area contributed by atoms with E-state index in [4.69, 9.17) is 10.5 Å². The third-order valence-corrected chi connectivity index (χ3v) is 2.90. The van der Waals surface area contributed by atoms with Crippen molar-refractivity contribution in [1.82, 2.24) is 0 Å². The molecule has 0 spiro atoms. The van der Waals surface area contributed by atoms with E-state index in [2.05, 4.69) is 0 Å². The Balaban J connectivity index is 2.43. The molecule has 22 heavy (non-hydrogen) atoms. The molecule has 3 nitrogen and oxygen atoms in total. The van der Waals surface area contributed by atoms with Gasteiger partial charge in [0.25, 0.3) is 0 Å². The monoisotopic (exact) mass is 305 g/mol. The lowest BCUT2D eigenvalue weighted by molar-refractivity contribution is 0.00637. The van der Waals surface area contributed by atoms with E-state index in [1.807, 2.05) is 0 Å². The summed E-state index contributed by atoms with van der Waals surface area (Å²) in [7, 11) is 0. The third-order valence-electron chi connectivity index (χ3n) is 2.90. The summed E-state index contributed by atoms with van der Waals surface area (Å²) in [5, 5.41) is 0. The van der Waals surface area contributed by atoms with E-state index in [1.165, 1.54) is 18.2 Å². The standard InChI is InChI=1S/C17H17F2NO2/c1-17(2,3)22-16(21)13-8-7-12(14(18)15(13)19)10-5-4-6-11(20)9-10/h4-9H,20H2,1-3H3. The van der Waals surface area contributed by atoms with Gasteiger partial charge in [-0.1, -0.05) is 18.2 Å². The van der Waals surface area contributed by atoms with E-state index in [1.54, 1.807) is 39.0 Å². The summed E-state index contributed by atoms with van der Waals surface area (Å²) < 4.78 is 33.5. The highest BCUT2D eigenvalue weighted by Crippen LogP contribution is 2.28. The second kappa shape index (κ2) is 5.75. The largest absolute Gasteiger partial charge is 0.456 e. The Morgan fingerprint density at radius 1 is 1.09 bits per heavy atom. The molecule has 0 aliphatic rings. The minimum Gasteiger partial charge on any atom is -0.456 e. The van der Waals surface area contributed by atoms with Gasteiger partial charge in [0, 0.05) is 11.3 Å². The van der Waals surface area contributed by atoms with Crippen molar-refractivity contribution in [1.29, 1.82) is 0 Å². The van der Waals surface area contributed by atoms with Gasteiger partial charge in [0.1, 0.15) is 5.60 Å². The molecule has 0 aliphatic carbocycles. The normalized spacial score (nSPS) is 11.3. The number of anilines is 1. The number of carbonyl (C=O) groups is 1. The van der Waals surface area contributed by atoms with Gasteiger partial charge in [-0.3, -0.25) is 0 Å². The van der Waals surface area contributed by atoms with Gasteiger partial charge in [-0.05, 0) is 44.5 Å². The van der Waals surface area contributed by atoms with Crippen molar-refractivity contribution in [3.8, 4) is 11.1 Å². The lowest BCUT2D eigenvalue weighted by Gasteiger charge is -2.20. The van der Waals surface area contributed by atoms with Crippen LogP contribution in [0.2, 0.25) is 0 Å². The summed E-state index contributed by atoms with van der Waals surface area (Å²) in [6.45, 7) is 4.96. The molecule has 0 radical (unpaired) electrons. The zero-order valence-electron chi connectivity index (χ0n) is 12.6. The van der Waals surface area contributed by atoms with Crippen LogP contribution in [0, 0.1) is 11.6 Å². The van der Waals surface area contributed by atoms with Gasteiger partial charge in [-0.2, -0.15) is 0 Å². The summed E-state index contributed by atoms with van der Waals surface area (Å²) in [6, 6.07) is 8.99. The summed E-state index contributed by atoms with van der Waals surface area (Å²) >= 11 is 0. The maximum Gasteiger partial charge on any atom is 0.341 e. The molecular formula is C17H17F2NO2. The molecule has 0 saturated carbocycles. The fourth-order valence-electron chi connectivity index (χ4n) is 1.97. The molecule has 2 rings (SSSR count). The fraction of sp³-hybridized carbons (Fsp3) is 0.235. The second-order valence-corrected chi connectivity index (χ2v) is 5.92. The van der Waals surface area contributed by atoms with Crippen LogP contribution in [0.25, 0.3) is 11.1 Å². The van der Waals surface area contributed by atoms with E-state index in [-0.39, 0.29) is 5.56 Å². The number of ether oxygens (including phenoxy) is 1. The molecule has 0 unspecified atom stereocenters. The summed E-state index contributed by atoms with van der Waals surface area (Å²) in [4.78, 5) is 11.9. The zero-order chi connectivity index (χ0) is 16.5. The maximum atomic E-state index is 14.2. The first-order valence-electron chi connectivity index (χ1n) is 6.76. The van der Waals surface area contributed by atoms with Crippen LogP contribution in [-0.4, -0.2) is 11.6 Å². The Labute approximate surface area is 127 Å². The number of carbonyl (C=O) groups excluding carboxylic acids is 1. The highest BCUT2D eigenvalue weighted by molar-refractivity contribution is 5.91. The van der Waals surface area contributed by atoms with Crippen molar-refractivity contribution in [3.63, 3.8) is 0 Å². The average Bonchev–Trinajstić information content (AvgIpc) is 2.39. The molecule has 0 bridgehead atoms. The number of hydrogen-bond acceptors (Lipinski definition) is 3. The Kier molecular flexibility index (Phi) is 4.17. The van der Waals surface area contributed by atoms with Crippen LogP contribution < -0.4 is 5.73 Å². The average molecular weight is 305 g/mol. The molecule has 0 heterocycles. The highest BCUT2D eigenvalue weighted by Gasteiger charge is 2.24. The van der Waals surface area contributed by atoms with Crippen molar-refractivity contribution < 1.29 is 18.3 Å².